The van der Waals surface area contributed by atoms with Gasteiger partial charge in [0, 0.05) is 32.7 Å². The summed E-state index contributed by atoms with van der Waals surface area (Å²) in [5, 5.41) is 97.4. The number of benzene rings is 9. The van der Waals surface area contributed by atoms with Gasteiger partial charge in [0.15, 0.2) is 0 Å². The molecule has 11 nitrogen and oxygen atoms in total. The molecule has 3 heterocycles. The Morgan fingerprint density at radius 3 is 1.37 bits per heavy atom. The number of aromatic nitrogens is 2. The number of fused-ring (bicyclic) bond motifs is 11. The maximum Gasteiger partial charge on any atom is 0.416 e. The van der Waals surface area contributed by atoms with Crippen molar-refractivity contribution in [2.75, 3.05) is 0 Å². The van der Waals surface area contributed by atoms with Gasteiger partial charge in [0.25, 0.3) is 0 Å². The van der Waals surface area contributed by atoms with Crippen LogP contribution < -0.4 is 0 Å². The van der Waals surface area contributed by atoms with Gasteiger partial charge in [-0.2, -0.15) is 73.7 Å². The van der Waals surface area contributed by atoms with Crippen LogP contribution in [0.15, 0.2) is 188 Å². The predicted octanol–water partition coefficient (Wildman–Crippen LogP) is 17.0. The third-order valence-electron chi connectivity index (χ3n) is 16.5. The molecule has 17 heteroatoms. The van der Waals surface area contributed by atoms with Crippen LogP contribution in [0.3, 0.4) is 0 Å². The van der Waals surface area contributed by atoms with Crippen molar-refractivity contribution in [1.29, 1.82) is 47.4 Å². The maximum absolute atomic E-state index is 14.9. The first-order valence-electron chi connectivity index (χ1n) is 27.1. The minimum atomic E-state index is -5.30. The SMILES string of the molecule is C=C(/C(C#N)=C\C(C#N)=C/C)c1ccc2c3ccc4cc3n(c2c1)-c1cc(-c2cc(C(F)(F)F)cc(C(F)(F)F)c2)c(C#N)cc1-n1c2cc(-c3ccc(C#N)cc3C#N)ccc2c2ccc(cc21)C4(c1ccc(C#N)cc1C#N)c1ccc(C#N)cc1C#N. The molecule has 1 aliphatic rings. The molecule has 0 atom stereocenters. The lowest BCUT2D eigenvalue weighted by molar-refractivity contribution is -0.143. The molecule has 0 spiro atoms. The Morgan fingerprint density at radius 1 is 0.433 bits per heavy atom. The van der Waals surface area contributed by atoms with Crippen LogP contribution in [0.2, 0.25) is 0 Å². The average molecular weight is 1180 g/mol. The fraction of sp³-hybridized carbons (Fsp3) is 0.0548. The number of rotatable bonds is 7. The van der Waals surface area contributed by atoms with Crippen molar-refractivity contribution in [3.8, 4) is 88.3 Å². The molecule has 4 bridgehead atoms. The summed E-state index contributed by atoms with van der Waals surface area (Å²) in [6.07, 6.45) is -7.74. The van der Waals surface area contributed by atoms with Gasteiger partial charge in [-0.3, -0.25) is 0 Å². The van der Waals surface area contributed by atoms with E-state index in [2.05, 4.69) is 55.1 Å². The van der Waals surface area contributed by atoms with E-state index >= 15 is 0 Å². The second kappa shape index (κ2) is 21.4. The lowest BCUT2D eigenvalue weighted by Gasteiger charge is -2.38. The molecule has 422 valence electrons. The van der Waals surface area contributed by atoms with Gasteiger partial charge >= 0.3 is 12.4 Å². The van der Waals surface area contributed by atoms with Gasteiger partial charge in [-0.25, -0.2) is 0 Å². The molecule has 0 amide bonds. The van der Waals surface area contributed by atoms with Crippen molar-refractivity contribution in [2.45, 2.75) is 24.7 Å². The van der Waals surface area contributed by atoms with Crippen molar-refractivity contribution < 1.29 is 26.3 Å². The Bertz CT molecular complexity index is 5460. The fourth-order valence-electron chi connectivity index (χ4n) is 12.4. The predicted molar refractivity (Wildman–Crippen MR) is 323 cm³/mol. The summed E-state index contributed by atoms with van der Waals surface area (Å²) in [5.41, 5.74) is -1.43. The first-order valence-corrected chi connectivity index (χ1v) is 27.1. The number of hydrogen-bond donors (Lipinski definition) is 0. The van der Waals surface area contributed by atoms with E-state index in [1.807, 2.05) is 24.3 Å². The molecular formula is C73H33F6N11. The normalized spacial score (nSPS) is 12.6. The third-order valence-corrected chi connectivity index (χ3v) is 16.5. The lowest BCUT2D eigenvalue weighted by atomic mass is 9.62. The van der Waals surface area contributed by atoms with E-state index in [-0.39, 0.29) is 89.8 Å². The molecule has 1 aliphatic heterocycles. The molecule has 0 unspecified atom stereocenters. The second-order valence-corrected chi connectivity index (χ2v) is 21.1. The molecule has 0 radical (unpaired) electrons. The van der Waals surface area contributed by atoms with Crippen LogP contribution in [-0.2, 0) is 17.8 Å². The van der Waals surface area contributed by atoms with Crippen LogP contribution in [0.1, 0.15) is 84.8 Å². The second-order valence-electron chi connectivity index (χ2n) is 21.1. The first-order chi connectivity index (χ1) is 43.3. The molecule has 12 rings (SSSR count). The molecule has 0 aliphatic carbocycles. The average Bonchev–Trinajstić information content (AvgIpc) is 1.36. The highest BCUT2D eigenvalue weighted by Gasteiger charge is 2.44. The minimum Gasteiger partial charge on any atom is -0.307 e. The van der Waals surface area contributed by atoms with E-state index < -0.39 is 34.5 Å². The number of halogens is 6. The summed E-state index contributed by atoms with van der Waals surface area (Å²) >= 11 is 0. The van der Waals surface area contributed by atoms with E-state index in [1.165, 1.54) is 54.6 Å². The summed E-state index contributed by atoms with van der Waals surface area (Å²) in [7, 11) is 0. The minimum absolute atomic E-state index is 0.000476. The van der Waals surface area contributed by atoms with Crippen LogP contribution in [-0.4, -0.2) is 9.13 Å². The summed E-state index contributed by atoms with van der Waals surface area (Å²) < 4.78 is 92.9. The van der Waals surface area contributed by atoms with Gasteiger partial charge in [-0.05, 0) is 154 Å². The van der Waals surface area contributed by atoms with Gasteiger partial charge in [0.1, 0.15) is 0 Å². The van der Waals surface area contributed by atoms with Gasteiger partial charge in [0.05, 0.1) is 149 Å². The summed E-state index contributed by atoms with van der Waals surface area (Å²) in [6.45, 7) is 5.89. The largest absolute Gasteiger partial charge is 0.416 e. The monoisotopic (exact) mass is 1180 g/mol. The molecule has 0 saturated heterocycles. The molecule has 9 aromatic carbocycles. The van der Waals surface area contributed by atoms with Crippen LogP contribution >= 0.6 is 0 Å². The van der Waals surface area contributed by atoms with E-state index in [0.717, 1.165) is 0 Å². The number of nitrogens with zero attached hydrogens (tertiary/aromatic N) is 11. The van der Waals surface area contributed by atoms with Crippen molar-refractivity contribution in [2.24, 2.45) is 0 Å². The van der Waals surface area contributed by atoms with Crippen molar-refractivity contribution >= 4 is 49.2 Å². The van der Waals surface area contributed by atoms with E-state index in [0.29, 0.717) is 83.6 Å². The Labute approximate surface area is 508 Å². The highest BCUT2D eigenvalue weighted by atomic mass is 19.4. The maximum atomic E-state index is 14.9. The Hall–Kier alpha value is -13.2. The van der Waals surface area contributed by atoms with E-state index in [4.69, 9.17) is 0 Å². The Kier molecular flexibility index (Phi) is 13.6. The van der Waals surface area contributed by atoms with E-state index in [9.17, 15) is 73.7 Å². The van der Waals surface area contributed by atoms with Gasteiger partial charge in [-0.1, -0.05) is 79.4 Å². The third kappa shape index (κ3) is 8.91. The molecule has 11 aromatic rings. The Balaban J connectivity index is 1.37. The van der Waals surface area contributed by atoms with Crippen molar-refractivity contribution in [1.82, 2.24) is 9.13 Å². The summed E-state index contributed by atoms with van der Waals surface area (Å²) in [5.74, 6) is 0. The van der Waals surface area contributed by atoms with Crippen molar-refractivity contribution in [3.05, 3.63) is 265 Å². The number of nitriles is 9. The van der Waals surface area contributed by atoms with Gasteiger partial charge in [-0.15, -0.1) is 0 Å². The summed E-state index contributed by atoms with van der Waals surface area (Å²) in [4.78, 5) is 0. The van der Waals surface area contributed by atoms with Crippen LogP contribution in [0.25, 0.3) is 82.8 Å². The first kappa shape index (κ1) is 57.2. The van der Waals surface area contributed by atoms with Gasteiger partial charge < -0.3 is 9.13 Å². The Morgan fingerprint density at radius 2 is 0.889 bits per heavy atom. The smallest absolute Gasteiger partial charge is 0.307 e. The number of alkyl halides is 6. The van der Waals surface area contributed by atoms with Gasteiger partial charge in [0.2, 0.25) is 0 Å². The zero-order valence-corrected chi connectivity index (χ0v) is 46.6. The standard InChI is InChI=1S/C73H33F6N11/c1-3-41(31-80)18-48(35-84)40(2)45-7-12-58-60-14-9-54-29-68(60)90(65(58)24-45)70-30-62(47-22-55(72(74,75)76)27-56(23-47)73(77,78)79)50(37-86)26-69(70)89-66-25-46(57-11-4-42(32-81)19-49(57)36-85)8-13-59(66)61-15-10-53(28-67(61)89)71(54,63-16-5-43(33-82)20-51(63)38-87)64-17-6-44(34-83)21-52(64)39-88/h3-30H,2H2,1H3/b41-3+,48-18-. The highest BCUT2D eigenvalue weighted by molar-refractivity contribution is 6.14. The molecule has 0 saturated carbocycles. The highest BCUT2D eigenvalue weighted by Crippen LogP contribution is 2.53. The van der Waals surface area contributed by atoms with Crippen molar-refractivity contribution in [3.63, 3.8) is 0 Å². The molecule has 90 heavy (non-hydrogen) atoms. The van der Waals surface area contributed by atoms with Crippen LogP contribution in [0, 0.1) is 102 Å². The van der Waals surface area contributed by atoms with Crippen LogP contribution in [0.5, 0.6) is 0 Å². The molecule has 0 fully saturated rings. The summed E-state index contributed by atoms with van der Waals surface area (Å²) in [6, 6.07) is 57.9. The van der Waals surface area contributed by atoms with Crippen LogP contribution in [0.4, 0.5) is 26.3 Å². The fourth-order valence-corrected chi connectivity index (χ4v) is 12.4. The lowest BCUT2D eigenvalue weighted by Crippen LogP contribution is -2.33. The topological polar surface area (TPSA) is 224 Å². The number of allylic oxidation sites excluding steroid dienone is 5. The zero-order chi connectivity index (χ0) is 63.7. The zero-order valence-electron chi connectivity index (χ0n) is 46.6. The molecule has 0 N–H and O–H groups in total. The number of hydrogen-bond acceptors (Lipinski definition) is 9. The quantitative estimate of drug-likeness (QED) is 0.0839. The molecular weight excluding hydrogens is 1140 g/mol. The van der Waals surface area contributed by atoms with E-state index in [1.54, 1.807) is 94.9 Å². The molecule has 2 aromatic heterocycles.